The largest absolute Gasteiger partial charge is 0.495 e. The van der Waals surface area contributed by atoms with Gasteiger partial charge >= 0.3 is 0 Å². The molecule has 4 aromatic rings. The number of aromatic nitrogens is 2. The molecule has 0 radical (unpaired) electrons. The van der Waals surface area contributed by atoms with Crippen molar-refractivity contribution in [2.24, 2.45) is 0 Å². The summed E-state index contributed by atoms with van der Waals surface area (Å²) in [5.74, 6) is 1.97. The van der Waals surface area contributed by atoms with Crippen LogP contribution in [-0.2, 0) is 12.0 Å². The molecular weight excluding hydrogens is 500 g/mol. The van der Waals surface area contributed by atoms with Gasteiger partial charge in [0.25, 0.3) is 0 Å². The van der Waals surface area contributed by atoms with Crippen molar-refractivity contribution >= 4 is 40.4 Å². The van der Waals surface area contributed by atoms with Gasteiger partial charge in [-0.15, -0.1) is 0 Å². The van der Waals surface area contributed by atoms with E-state index in [9.17, 15) is 5.26 Å². The number of benzene rings is 3. The van der Waals surface area contributed by atoms with Gasteiger partial charge in [-0.25, -0.2) is 4.98 Å². The van der Waals surface area contributed by atoms with E-state index in [0.717, 1.165) is 29.2 Å². The Morgan fingerprint density at radius 2 is 1.92 bits per heavy atom. The van der Waals surface area contributed by atoms with E-state index >= 15 is 0 Å². The number of ether oxygens (including phenoxy) is 2. The number of rotatable bonds is 8. The van der Waals surface area contributed by atoms with Crippen molar-refractivity contribution in [2.45, 2.75) is 24.9 Å². The number of nitrogens with one attached hydrogen (secondary N) is 3. The molecule has 38 heavy (non-hydrogen) atoms. The molecule has 8 nitrogen and oxygen atoms in total. The van der Waals surface area contributed by atoms with Crippen LogP contribution in [0.15, 0.2) is 66.9 Å². The van der Waals surface area contributed by atoms with Gasteiger partial charge in [0.15, 0.2) is 5.82 Å². The molecule has 0 bridgehead atoms. The monoisotopic (exact) mass is 524 g/mol. The van der Waals surface area contributed by atoms with Crippen molar-refractivity contribution in [2.75, 3.05) is 29.6 Å². The summed E-state index contributed by atoms with van der Waals surface area (Å²) in [7, 11) is 1.65. The molecule has 190 valence electrons. The van der Waals surface area contributed by atoms with E-state index in [0.29, 0.717) is 40.4 Å². The Kier molecular flexibility index (Phi) is 6.14. The number of fused-ring (bicyclic) bond motifs is 2. The molecule has 1 aliphatic heterocycles. The first-order chi connectivity index (χ1) is 18.6. The first-order valence-corrected chi connectivity index (χ1v) is 12.7. The van der Waals surface area contributed by atoms with Gasteiger partial charge in [0.05, 0.1) is 24.0 Å². The minimum Gasteiger partial charge on any atom is -0.495 e. The van der Waals surface area contributed by atoms with Crippen molar-refractivity contribution in [1.29, 1.82) is 5.26 Å². The molecule has 2 aliphatic rings. The molecule has 0 saturated heterocycles. The Balaban J connectivity index is 1.21. The van der Waals surface area contributed by atoms with E-state index in [1.807, 2.05) is 42.5 Å². The van der Waals surface area contributed by atoms with Gasteiger partial charge in [-0.1, -0.05) is 41.9 Å². The van der Waals surface area contributed by atoms with Crippen LogP contribution in [-0.4, -0.2) is 23.6 Å². The average molecular weight is 525 g/mol. The Morgan fingerprint density at radius 1 is 1.08 bits per heavy atom. The molecule has 1 aromatic heterocycles. The summed E-state index contributed by atoms with van der Waals surface area (Å²) in [6, 6.07) is 21.5. The van der Waals surface area contributed by atoms with Crippen molar-refractivity contribution in [3.63, 3.8) is 0 Å². The van der Waals surface area contributed by atoms with Crippen LogP contribution in [0.25, 0.3) is 0 Å². The van der Waals surface area contributed by atoms with Crippen molar-refractivity contribution in [3.8, 4) is 17.6 Å². The molecule has 0 unspecified atom stereocenters. The van der Waals surface area contributed by atoms with Crippen LogP contribution in [0.4, 0.5) is 28.8 Å². The van der Waals surface area contributed by atoms with Gasteiger partial charge < -0.3 is 25.4 Å². The predicted molar refractivity (Wildman–Crippen MR) is 148 cm³/mol. The van der Waals surface area contributed by atoms with E-state index in [-0.39, 0.29) is 5.41 Å². The molecule has 1 fully saturated rings. The zero-order valence-electron chi connectivity index (χ0n) is 20.7. The number of nitrogens with zero attached hydrogens (tertiary/aromatic N) is 3. The molecule has 0 amide bonds. The van der Waals surface area contributed by atoms with Crippen LogP contribution >= 0.6 is 11.6 Å². The summed E-state index contributed by atoms with van der Waals surface area (Å²) in [5, 5.41) is 20.0. The van der Waals surface area contributed by atoms with Crippen molar-refractivity contribution in [3.05, 3.63) is 88.6 Å². The van der Waals surface area contributed by atoms with Crippen molar-refractivity contribution in [1.82, 2.24) is 9.97 Å². The van der Waals surface area contributed by atoms with Crippen LogP contribution in [0, 0.1) is 11.3 Å². The van der Waals surface area contributed by atoms with Crippen LogP contribution < -0.4 is 25.4 Å². The van der Waals surface area contributed by atoms with Gasteiger partial charge in [-0.3, -0.25) is 0 Å². The van der Waals surface area contributed by atoms with E-state index in [1.165, 1.54) is 24.6 Å². The standard InChI is InChI=1S/C29H25ClN6O2/c1-37-26-12-21-23(33-17-29(21)9-10-29)13-24(26)35-28-32-15-19(14-31)27(36-28)34-20-7-8-25(22(30)11-20)38-16-18-5-3-2-4-6-18/h2-8,11-13,15,33H,9-10,16-17H2,1H3,(H2,32,34,35,36). The van der Waals surface area contributed by atoms with Gasteiger partial charge in [0, 0.05) is 23.3 Å². The Bertz CT molecular complexity index is 1550. The highest BCUT2D eigenvalue weighted by Gasteiger charge is 2.49. The lowest BCUT2D eigenvalue weighted by Crippen LogP contribution is -2.08. The number of halogens is 1. The second-order valence-corrected chi connectivity index (χ2v) is 9.88. The molecule has 3 N–H and O–H groups in total. The van der Waals surface area contributed by atoms with E-state index in [2.05, 4.69) is 38.1 Å². The zero-order chi connectivity index (χ0) is 26.1. The molecule has 2 heterocycles. The molecule has 6 rings (SSSR count). The number of methoxy groups -OCH3 is 1. The fourth-order valence-electron chi connectivity index (χ4n) is 4.70. The average Bonchev–Trinajstić information content (AvgIpc) is 3.65. The predicted octanol–water partition coefficient (Wildman–Crippen LogP) is 6.53. The Hall–Kier alpha value is -4.48. The number of hydrogen-bond acceptors (Lipinski definition) is 8. The highest BCUT2D eigenvalue weighted by atomic mass is 35.5. The van der Waals surface area contributed by atoms with Crippen LogP contribution in [0.5, 0.6) is 11.5 Å². The summed E-state index contributed by atoms with van der Waals surface area (Å²) in [5.41, 5.74) is 5.42. The Morgan fingerprint density at radius 3 is 2.66 bits per heavy atom. The fourth-order valence-corrected chi connectivity index (χ4v) is 4.93. The topological polar surface area (TPSA) is 104 Å². The number of nitriles is 1. The second-order valence-electron chi connectivity index (χ2n) is 9.47. The first kappa shape index (κ1) is 23.9. The second kappa shape index (κ2) is 9.77. The van der Waals surface area contributed by atoms with Crippen LogP contribution in [0.3, 0.4) is 0 Å². The summed E-state index contributed by atoms with van der Waals surface area (Å²) in [4.78, 5) is 8.90. The Labute approximate surface area is 225 Å². The van der Waals surface area contributed by atoms with E-state index in [1.54, 1.807) is 19.2 Å². The van der Waals surface area contributed by atoms with E-state index in [4.69, 9.17) is 21.1 Å². The molecule has 0 atom stereocenters. The molecule has 1 spiro atoms. The third kappa shape index (κ3) is 4.64. The smallest absolute Gasteiger partial charge is 0.229 e. The summed E-state index contributed by atoms with van der Waals surface area (Å²) < 4.78 is 11.5. The normalized spacial score (nSPS) is 14.2. The fraction of sp³-hybridized carbons (Fsp3) is 0.207. The van der Waals surface area contributed by atoms with Gasteiger partial charge in [0.2, 0.25) is 5.95 Å². The third-order valence-electron chi connectivity index (χ3n) is 6.97. The maximum atomic E-state index is 9.63. The summed E-state index contributed by atoms with van der Waals surface area (Å²) >= 11 is 6.48. The quantitative estimate of drug-likeness (QED) is 0.239. The van der Waals surface area contributed by atoms with Gasteiger partial charge in [-0.2, -0.15) is 10.2 Å². The summed E-state index contributed by atoms with van der Waals surface area (Å²) in [6.45, 7) is 1.37. The number of hydrogen-bond donors (Lipinski definition) is 3. The van der Waals surface area contributed by atoms with E-state index < -0.39 is 0 Å². The molecule has 1 aliphatic carbocycles. The summed E-state index contributed by atoms with van der Waals surface area (Å²) in [6.07, 6.45) is 3.87. The highest BCUT2D eigenvalue weighted by Crippen LogP contribution is 2.56. The lowest BCUT2D eigenvalue weighted by atomic mass is 9.98. The maximum absolute atomic E-state index is 9.63. The number of anilines is 5. The molecular formula is C29H25ClN6O2. The zero-order valence-corrected chi connectivity index (χ0v) is 21.5. The first-order valence-electron chi connectivity index (χ1n) is 12.3. The lowest BCUT2D eigenvalue weighted by Gasteiger charge is -2.15. The van der Waals surface area contributed by atoms with Crippen LogP contribution in [0.2, 0.25) is 5.02 Å². The maximum Gasteiger partial charge on any atom is 0.229 e. The molecule has 9 heteroatoms. The minimum atomic E-state index is 0.257. The van der Waals surface area contributed by atoms with Gasteiger partial charge in [-0.05, 0) is 54.3 Å². The lowest BCUT2D eigenvalue weighted by molar-refractivity contribution is 0.306. The molecule has 1 saturated carbocycles. The minimum absolute atomic E-state index is 0.257. The molecule has 3 aromatic carbocycles. The highest BCUT2D eigenvalue weighted by molar-refractivity contribution is 6.32. The third-order valence-corrected chi connectivity index (χ3v) is 7.26. The van der Waals surface area contributed by atoms with Gasteiger partial charge in [0.1, 0.15) is 29.7 Å². The van der Waals surface area contributed by atoms with Crippen molar-refractivity contribution < 1.29 is 9.47 Å². The SMILES string of the molecule is COc1cc2c(cc1Nc1ncc(C#N)c(Nc3ccc(OCc4ccccc4)c(Cl)c3)n1)NCC21CC1. The van der Waals surface area contributed by atoms with Crippen LogP contribution in [0.1, 0.15) is 29.5 Å².